The van der Waals surface area contributed by atoms with E-state index in [4.69, 9.17) is 23.2 Å². The maximum Gasteiger partial charge on any atom is 0.223 e. The molecule has 0 aliphatic heterocycles. The number of nitrogens with zero attached hydrogens (tertiary/aromatic N) is 1. The molecule has 5 heteroatoms. The van der Waals surface area contributed by atoms with Crippen molar-refractivity contribution in [2.75, 3.05) is 12.9 Å². The Hall–Kier alpha value is -0.800. The molecular weight excluding hydrogens is 252 g/mol. The molecule has 16 heavy (non-hydrogen) atoms. The summed E-state index contributed by atoms with van der Waals surface area (Å²) in [6, 6.07) is 4.28. The average Bonchev–Trinajstić information content (AvgIpc) is 2.23. The van der Waals surface area contributed by atoms with Crippen LogP contribution in [0.3, 0.4) is 0 Å². The van der Waals surface area contributed by atoms with Crippen molar-refractivity contribution < 1.29 is 9.18 Å². The summed E-state index contributed by atoms with van der Waals surface area (Å²) in [5.74, 6) is -0.217. The van der Waals surface area contributed by atoms with Gasteiger partial charge in [0.15, 0.2) is 0 Å². The highest BCUT2D eigenvalue weighted by Crippen LogP contribution is 2.16. The largest absolute Gasteiger partial charge is 0.341 e. The van der Waals surface area contributed by atoms with E-state index in [2.05, 4.69) is 0 Å². The van der Waals surface area contributed by atoms with Gasteiger partial charge in [-0.05, 0) is 18.2 Å². The fourth-order valence-corrected chi connectivity index (χ4v) is 1.64. The Morgan fingerprint density at radius 2 is 2.19 bits per heavy atom. The zero-order valence-corrected chi connectivity index (χ0v) is 10.4. The number of carbonyl (C=O) groups excluding carboxylic acids is 1. The average molecular weight is 264 g/mol. The standard InChI is InChI=1S/C11H12Cl2FNO/c1-15(11(16)4-5-12)7-8-6-9(13)2-3-10(8)14/h2-3,6H,4-5,7H2,1H3. The smallest absolute Gasteiger partial charge is 0.223 e. The van der Waals surface area contributed by atoms with E-state index in [0.717, 1.165) is 0 Å². The van der Waals surface area contributed by atoms with Crippen molar-refractivity contribution in [3.63, 3.8) is 0 Å². The predicted molar refractivity (Wildman–Crippen MR) is 63.2 cm³/mol. The van der Waals surface area contributed by atoms with Crippen LogP contribution < -0.4 is 0 Å². The molecule has 0 saturated carbocycles. The Labute approximate surface area is 104 Å². The lowest BCUT2D eigenvalue weighted by Gasteiger charge is -2.17. The molecule has 1 aromatic rings. The van der Waals surface area contributed by atoms with Crippen LogP contribution in [0.25, 0.3) is 0 Å². The van der Waals surface area contributed by atoms with Crippen LogP contribution in [0.1, 0.15) is 12.0 Å². The lowest BCUT2D eigenvalue weighted by atomic mass is 10.2. The Kier molecular flexibility index (Phi) is 5.03. The van der Waals surface area contributed by atoms with Crippen molar-refractivity contribution >= 4 is 29.1 Å². The molecule has 0 atom stereocenters. The molecule has 0 bridgehead atoms. The Morgan fingerprint density at radius 1 is 1.50 bits per heavy atom. The predicted octanol–water partition coefficient (Wildman–Crippen LogP) is 3.07. The minimum Gasteiger partial charge on any atom is -0.341 e. The van der Waals surface area contributed by atoms with Crippen LogP contribution in [-0.2, 0) is 11.3 Å². The first-order valence-electron chi connectivity index (χ1n) is 4.78. The molecule has 0 radical (unpaired) electrons. The molecule has 1 aromatic carbocycles. The van der Waals surface area contributed by atoms with Gasteiger partial charge in [-0.25, -0.2) is 4.39 Å². The zero-order chi connectivity index (χ0) is 12.1. The number of rotatable bonds is 4. The van der Waals surface area contributed by atoms with E-state index >= 15 is 0 Å². The molecular formula is C11H12Cl2FNO. The number of carbonyl (C=O) groups is 1. The number of amides is 1. The van der Waals surface area contributed by atoms with Gasteiger partial charge in [0.25, 0.3) is 0 Å². The van der Waals surface area contributed by atoms with E-state index in [-0.39, 0.29) is 30.6 Å². The molecule has 0 heterocycles. The van der Waals surface area contributed by atoms with Crippen LogP contribution in [0.4, 0.5) is 4.39 Å². The third-order valence-electron chi connectivity index (χ3n) is 2.15. The Bertz CT molecular complexity index is 384. The molecule has 0 unspecified atom stereocenters. The number of benzene rings is 1. The summed E-state index contributed by atoms with van der Waals surface area (Å²) >= 11 is 11.2. The second kappa shape index (κ2) is 6.06. The lowest BCUT2D eigenvalue weighted by Crippen LogP contribution is -2.26. The Balaban J connectivity index is 2.72. The number of alkyl halides is 1. The summed E-state index contributed by atoms with van der Waals surface area (Å²) in [6.45, 7) is 0.197. The quantitative estimate of drug-likeness (QED) is 0.765. The van der Waals surface area contributed by atoms with Crippen molar-refractivity contribution in [3.05, 3.63) is 34.6 Å². The van der Waals surface area contributed by atoms with Gasteiger partial charge in [0.2, 0.25) is 5.91 Å². The van der Waals surface area contributed by atoms with E-state index in [9.17, 15) is 9.18 Å². The second-order valence-electron chi connectivity index (χ2n) is 3.42. The molecule has 1 rings (SSSR count). The van der Waals surface area contributed by atoms with Crippen molar-refractivity contribution in [2.45, 2.75) is 13.0 Å². The van der Waals surface area contributed by atoms with Gasteiger partial charge in [-0.1, -0.05) is 11.6 Å². The molecule has 2 nitrogen and oxygen atoms in total. The number of hydrogen-bond acceptors (Lipinski definition) is 1. The van der Waals surface area contributed by atoms with Crippen molar-refractivity contribution in [3.8, 4) is 0 Å². The SMILES string of the molecule is CN(Cc1cc(Cl)ccc1F)C(=O)CCCl. The second-order valence-corrected chi connectivity index (χ2v) is 4.24. The first-order chi connectivity index (χ1) is 7.54. The number of halogens is 3. The fourth-order valence-electron chi connectivity index (χ4n) is 1.28. The van der Waals surface area contributed by atoms with Crippen LogP contribution in [0.2, 0.25) is 5.02 Å². The highest BCUT2D eigenvalue weighted by Gasteiger charge is 2.11. The van der Waals surface area contributed by atoms with E-state index in [1.165, 1.54) is 23.1 Å². The molecule has 1 amide bonds. The molecule has 0 fully saturated rings. The van der Waals surface area contributed by atoms with E-state index < -0.39 is 0 Å². The minimum atomic E-state index is -0.366. The van der Waals surface area contributed by atoms with Crippen molar-refractivity contribution in [1.29, 1.82) is 0 Å². The molecule has 0 aliphatic rings. The van der Waals surface area contributed by atoms with Gasteiger partial charge >= 0.3 is 0 Å². The van der Waals surface area contributed by atoms with Crippen LogP contribution in [-0.4, -0.2) is 23.7 Å². The fraction of sp³-hybridized carbons (Fsp3) is 0.364. The van der Waals surface area contributed by atoms with E-state index in [0.29, 0.717) is 10.6 Å². The van der Waals surface area contributed by atoms with Gasteiger partial charge in [0, 0.05) is 36.5 Å². The summed E-state index contributed by atoms with van der Waals surface area (Å²) in [6.07, 6.45) is 0.250. The van der Waals surface area contributed by atoms with Gasteiger partial charge in [-0.15, -0.1) is 11.6 Å². The van der Waals surface area contributed by atoms with Crippen LogP contribution >= 0.6 is 23.2 Å². The first-order valence-corrected chi connectivity index (χ1v) is 5.69. The maximum atomic E-state index is 13.4. The topological polar surface area (TPSA) is 20.3 Å². The molecule has 0 spiro atoms. The molecule has 0 aliphatic carbocycles. The monoisotopic (exact) mass is 263 g/mol. The summed E-state index contributed by atoms with van der Waals surface area (Å²) in [5, 5.41) is 0.453. The molecule has 0 N–H and O–H groups in total. The van der Waals surface area contributed by atoms with E-state index in [1.54, 1.807) is 7.05 Å². The lowest BCUT2D eigenvalue weighted by molar-refractivity contribution is -0.130. The summed E-state index contributed by atoms with van der Waals surface area (Å²) in [5.41, 5.74) is 0.401. The zero-order valence-electron chi connectivity index (χ0n) is 8.84. The minimum absolute atomic E-state index is 0.116. The van der Waals surface area contributed by atoms with Gasteiger partial charge in [0.1, 0.15) is 5.82 Å². The first kappa shape index (κ1) is 13.3. The van der Waals surface area contributed by atoms with Gasteiger partial charge in [-0.2, -0.15) is 0 Å². The Morgan fingerprint density at radius 3 is 2.81 bits per heavy atom. The van der Waals surface area contributed by atoms with Crippen molar-refractivity contribution in [1.82, 2.24) is 4.90 Å². The maximum absolute atomic E-state index is 13.4. The van der Waals surface area contributed by atoms with E-state index in [1.807, 2.05) is 0 Å². The van der Waals surface area contributed by atoms with Gasteiger partial charge < -0.3 is 4.90 Å². The third-order valence-corrected chi connectivity index (χ3v) is 2.57. The highest BCUT2D eigenvalue weighted by molar-refractivity contribution is 6.30. The van der Waals surface area contributed by atoms with Crippen LogP contribution in [0, 0.1) is 5.82 Å². The van der Waals surface area contributed by atoms with Crippen LogP contribution in [0.5, 0.6) is 0 Å². The molecule has 0 aromatic heterocycles. The number of hydrogen-bond donors (Lipinski definition) is 0. The highest BCUT2D eigenvalue weighted by atomic mass is 35.5. The third kappa shape index (κ3) is 3.65. The summed E-state index contributed by atoms with van der Waals surface area (Å²) < 4.78 is 13.4. The molecule has 88 valence electrons. The summed E-state index contributed by atoms with van der Waals surface area (Å²) in [7, 11) is 1.61. The van der Waals surface area contributed by atoms with Crippen molar-refractivity contribution in [2.24, 2.45) is 0 Å². The van der Waals surface area contributed by atoms with Crippen LogP contribution in [0.15, 0.2) is 18.2 Å². The summed E-state index contributed by atoms with van der Waals surface area (Å²) in [4.78, 5) is 12.9. The molecule has 0 saturated heterocycles. The van der Waals surface area contributed by atoms with Gasteiger partial charge in [-0.3, -0.25) is 4.79 Å². The van der Waals surface area contributed by atoms with Gasteiger partial charge in [0.05, 0.1) is 0 Å². The normalized spacial score (nSPS) is 10.2.